The van der Waals surface area contributed by atoms with Crippen LogP contribution >= 0.6 is 12.4 Å². The average Bonchev–Trinajstić information content (AvgIpc) is 3.15. The third kappa shape index (κ3) is 7.66. The van der Waals surface area contributed by atoms with Gasteiger partial charge < -0.3 is 25.8 Å². The first kappa shape index (κ1) is 24.2. The molecule has 0 aromatic heterocycles. The monoisotopic (exact) mass is 413 g/mol. The lowest BCUT2D eigenvalue weighted by molar-refractivity contribution is -0.132. The van der Waals surface area contributed by atoms with E-state index < -0.39 is 6.10 Å². The van der Waals surface area contributed by atoms with Gasteiger partial charge in [-0.2, -0.15) is 0 Å². The minimum absolute atomic E-state index is 0. The van der Waals surface area contributed by atoms with Crippen LogP contribution in [0.15, 0.2) is 24.3 Å². The van der Waals surface area contributed by atoms with Crippen LogP contribution in [0.2, 0.25) is 0 Å². The smallest absolute Gasteiger partial charge is 0.249 e. The highest BCUT2D eigenvalue weighted by Crippen LogP contribution is 2.19. The number of hydrogen-bond acceptors (Lipinski definition) is 5. The first-order chi connectivity index (χ1) is 13.0. The van der Waals surface area contributed by atoms with E-state index in [1.54, 1.807) is 0 Å². The number of nitrogens with one attached hydrogen (secondary N) is 2. The largest absolute Gasteiger partial charge is 0.494 e. The van der Waals surface area contributed by atoms with E-state index in [0.717, 1.165) is 17.7 Å². The molecule has 0 radical (unpaired) electrons. The minimum atomic E-state index is -0.410. The Bertz CT molecular complexity index is 612. The SMILES string of the molecule is CCOc1ccc(C(C)NC(=O)CCCNC(=O)[C@@H]2CC[C@H](CN)O2)cc1.Cl. The Morgan fingerprint density at radius 3 is 2.61 bits per heavy atom. The minimum Gasteiger partial charge on any atom is -0.494 e. The fourth-order valence-electron chi connectivity index (χ4n) is 3.06. The number of nitrogens with two attached hydrogens (primary N) is 1. The van der Waals surface area contributed by atoms with Crippen molar-refractivity contribution < 1.29 is 19.1 Å². The van der Waals surface area contributed by atoms with Gasteiger partial charge in [0.05, 0.1) is 18.8 Å². The maximum absolute atomic E-state index is 12.1. The fraction of sp³-hybridized carbons (Fsp3) is 0.600. The first-order valence-electron chi connectivity index (χ1n) is 9.68. The second-order valence-electron chi connectivity index (χ2n) is 6.75. The fourth-order valence-corrected chi connectivity index (χ4v) is 3.06. The summed E-state index contributed by atoms with van der Waals surface area (Å²) in [5.74, 6) is 0.666. The molecule has 0 spiro atoms. The third-order valence-corrected chi connectivity index (χ3v) is 4.61. The molecule has 4 N–H and O–H groups in total. The summed E-state index contributed by atoms with van der Waals surface area (Å²) in [4.78, 5) is 24.1. The maximum atomic E-state index is 12.1. The summed E-state index contributed by atoms with van der Waals surface area (Å²) < 4.78 is 11.0. The van der Waals surface area contributed by atoms with Crippen LogP contribution < -0.4 is 21.1 Å². The second-order valence-corrected chi connectivity index (χ2v) is 6.75. The van der Waals surface area contributed by atoms with Crippen LogP contribution in [0.5, 0.6) is 5.75 Å². The first-order valence-corrected chi connectivity index (χ1v) is 9.68. The number of amides is 2. The lowest BCUT2D eigenvalue weighted by Crippen LogP contribution is -2.36. The van der Waals surface area contributed by atoms with Gasteiger partial charge in [0.25, 0.3) is 0 Å². The van der Waals surface area contributed by atoms with Gasteiger partial charge in [0.15, 0.2) is 0 Å². The molecule has 7 nitrogen and oxygen atoms in total. The van der Waals surface area contributed by atoms with Crippen molar-refractivity contribution in [2.45, 2.75) is 57.8 Å². The molecule has 3 atom stereocenters. The quantitative estimate of drug-likeness (QED) is 0.509. The number of hydrogen-bond donors (Lipinski definition) is 3. The number of ether oxygens (including phenoxy) is 2. The van der Waals surface area contributed by atoms with Gasteiger partial charge in [-0.05, 0) is 50.8 Å². The number of rotatable bonds is 10. The molecule has 0 saturated carbocycles. The van der Waals surface area contributed by atoms with Crippen molar-refractivity contribution in [3.63, 3.8) is 0 Å². The third-order valence-electron chi connectivity index (χ3n) is 4.61. The zero-order chi connectivity index (χ0) is 19.6. The Hall–Kier alpha value is -1.83. The molecule has 1 unspecified atom stereocenters. The summed E-state index contributed by atoms with van der Waals surface area (Å²) in [5.41, 5.74) is 6.57. The van der Waals surface area contributed by atoms with Gasteiger partial charge >= 0.3 is 0 Å². The van der Waals surface area contributed by atoms with Gasteiger partial charge in [-0.3, -0.25) is 9.59 Å². The Labute approximate surface area is 173 Å². The van der Waals surface area contributed by atoms with Crippen LogP contribution in [0.4, 0.5) is 0 Å². The van der Waals surface area contributed by atoms with Gasteiger partial charge in [-0.25, -0.2) is 0 Å². The predicted octanol–water partition coefficient (Wildman–Crippen LogP) is 2.09. The Balaban J connectivity index is 0.00000392. The van der Waals surface area contributed by atoms with E-state index in [1.165, 1.54) is 0 Å². The molecule has 1 aliphatic rings. The molecule has 1 fully saturated rings. The van der Waals surface area contributed by atoms with Gasteiger partial charge in [-0.15, -0.1) is 12.4 Å². The van der Waals surface area contributed by atoms with Crippen molar-refractivity contribution in [1.82, 2.24) is 10.6 Å². The molecule has 1 aromatic carbocycles. The van der Waals surface area contributed by atoms with Gasteiger partial charge in [0.2, 0.25) is 11.8 Å². The Kier molecular flexibility index (Phi) is 10.9. The summed E-state index contributed by atoms with van der Waals surface area (Å²) in [6, 6.07) is 7.62. The molecule has 1 heterocycles. The molecule has 28 heavy (non-hydrogen) atoms. The van der Waals surface area contributed by atoms with Crippen LogP contribution in [0.25, 0.3) is 0 Å². The molecule has 2 amide bonds. The van der Waals surface area contributed by atoms with E-state index in [1.807, 2.05) is 38.1 Å². The normalized spacial score (nSPS) is 19.4. The van der Waals surface area contributed by atoms with Crippen LogP contribution in [0, 0.1) is 0 Å². The lowest BCUT2D eigenvalue weighted by atomic mass is 10.1. The highest BCUT2D eigenvalue weighted by molar-refractivity contribution is 5.85. The van der Waals surface area contributed by atoms with E-state index in [9.17, 15) is 9.59 Å². The molecule has 0 bridgehead atoms. The molecular weight excluding hydrogens is 382 g/mol. The molecule has 1 aliphatic heterocycles. The number of carbonyl (C=O) groups is 2. The number of halogens is 1. The van der Waals surface area contributed by atoms with Crippen LogP contribution in [0.1, 0.15) is 51.1 Å². The van der Waals surface area contributed by atoms with Gasteiger partial charge in [0.1, 0.15) is 11.9 Å². The van der Waals surface area contributed by atoms with Gasteiger partial charge in [0, 0.05) is 19.5 Å². The average molecular weight is 414 g/mol. The van der Waals surface area contributed by atoms with Crippen molar-refractivity contribution >= 4 is 24.2 Å². The second kappa shape index (κ2) is 12.6. The predicted molar refractivity (Wildman–Crippen MR) is 111 cm³/mol. The molecule has 0 aliphatic carbocycles. The van der Waals surface area contributed by atoms with Crippen molar-refractivity contribution in [1.29, 1.82) is 0 Å². The molecule has 1 saturated heterocycles. The molecule has 8 heteroatoms. The molecule has 1 aromatic rings. The standard InChI is InChI=1S/C20H31N3O4.ClH/c1-3-26-16-8-6-15(7-9-16)14(2)23-19(24)5-4-12-22-20(25)18-11-10-17(13-21)27-18;/h6-9,14,17-18H,3-5,10-13,21H2,1-2H3,(H,22,25)(H,23,24);1H/t14?,17-,18+;/m1./s1. The zero-order valence-corrected chi connectivity index (χ0v) is 17.4. The lowest BCUT2D eigenvalue weighted by Gasteiger charge is -2.15. The van der Waals surface area contributed by atoms with Crippen molar-refractivity contribution in [2.24, 2.45) is 5.73 Å². The molecule has 2 rings (SSSR count). The van der Waals surface area contributed by atoms with E-state index in [-0.39, 0.29) is 36.4 Å². The molecule has 158 valence electrons. The van der Waals surface area contributed by atoms with Crippen LogP contribution in [0.3, 0.4) is 0 Å². The maximum Gasteiger partial charge on any atom is 0.249 e. The molecular formula is C20H32ClN3O4. The highest BCUT2D eigenvalue weighted by Gasteiger charge is 2.29. The van der Waals surface area contributed by atoms with Crippen molar-refractivity contribution in [3.05, 3.63) is 29.8 Å². The van der Waals surface area contributed by atoms with Gasteiger partial charge in [-0.1, -0.05) is 12.1 Å². The van der Waals surface area contributed by atoms with E-state index in [2.05, 4.69) is 10.6 Å². The van der Waals surface area contributed by atoms with E-state index in [0.29, 0.717) is 39.0 Å². The summed E-state index contributed by atoms with van der Waals surface area (Å²) in [6.45, 7) is 5.41. The topological polar surface area (TPSA) is 103 Å². The van der Waals surface area contributed by atoms with Crippen LogP contribution in [-0.2, 0) is 14.3 Å². The van der Waals surface area contributed by atoms with Crippen molar-refractivity contribution in [2.75, 3.05) is 19.7 Å². The summed E-state index contributed by atoms with van der Waals surface area (Å²) >= 11 is 0. The van der Waals surface area contributed by atoms with Crippen molar-refractivity contribution in [3.8, 4) is 5.75 Å². The summed E-state index contributed by atoms with van der Waals surface area (Å²) in [7, 11) is 0. The Morgan fingerprint density at radius 1 is 1.29 bits per heavy atom. The van der Waals surface area contributed by atoms with Crippen LogP contribution in [-0.4, -0.2) is 43.7 Å². The highest BCUT2D eigenvalue weighted by atomic mass is 35.5. The number of benzene rings is 1. The summed E-state index contributed by atoms with van der Waals surface area (Å²) in [6.07, 6.45) is 2.04. The van der Waals surface area contributed by atoms with E-state index >= 15 is 0 Å². The zero-order valence-electron chi connectivity index (χ0n) is 16.6. The number of carbonyl (C=O) groups excluding carboxylic acids is 2. The summed E-state index contributed by atoms with van der Waals surface area (Å²) in [5, 5.41) is 5.80. The van der Waals surface area contributed by atoms with E-state index in [4.69, 9.17) is 15.2 Å². The Morgan fingerprint density at radius 2 is 2.00 bits per heavy atom.